The van der Waals surface area contributed by atoms with Crippen molar-refractivity contribution in [3.8, 4) is 11.5 Å². The van der Waals surface area contributed by atoms with Gasteiger partial charge in [-0.05, 0) is 42.2 Å². The Kier molecular flexibility index (Phi) is 4.08. The minimum absolute atomic E-state index is 0.170. The van der Waals surface area contributed by atoms with E-state index in [2.05, 4.69) is 13.8 Å². The van der Waals surface area contributed by atoms with Gasteiger partial charge in [0.05, 0.1) is 0 Å². The van der Waals surface area contributed by atoms with Gasteiger partial charge in [-0.15, -0.1) is 0 Å². The summed E-state index contributed by atoms with van der Waals surface area (Å²) in [5, 5.41) is 9.20. The summed E-state index contributed by atoms with van der Waals surface area (Å²) in [5.41, 5.74) is 2.32. The maximum absolute atomic E-state index is 11.2. The first-order valence-electron chi connectivity index (χ1n) is 6.59. The Morgan fingerprint density at radius 2 is 1.80 bits per heavy atom. The van der Waals surface area contributed by atoms with E-state index in [-0.39, 0.29) is 5.56 Å². The molecule has 2 aromatic rings. The van der Waals surface area contributed by atoms with E-state index in [0.717, 1.165) is 11.1 Å². The van der Waals surface area contributed by atoms with Gasteiger partial charge in [0.25, 0.3) is 0 Å². The van der Waals surface area contributed by atoms with Gasteiger partial charge in [-0.25, -0.2) is 4.79 Å². The Morgan fingerprint density at radius 3 is 2.45 bits per heavy atom. The van der Waals surface area contributed by atoms with Gasteiger partial charge in [-0.3, -0.25) is 0 Å². The van der Waals surface area contributed by atoms with Crippen molar-refractivity contribution in [2.75, 3.05) is 0 Å². The summed E-state index contributed by atoms with van der Waals surface area (Å²) < 4.78 is 5.86. The van der Waals surface area contributed by atoms with Crippen LogP contribution in [0.5, 0.6) is 11.5 Å². The summed E-state index contributed by atoms with van der Waals surface area (Å²) in [7, 11) is 0. The van der Waals surface area contributed by atoms with Gasteiger partial charge in [0.1, 0.15) is 17.1 Å². The number of carboxylic acids is 1. The van der Waals surface area contributed by atoms with Crippen molar-refractivity contribution in [3.05, 3.63) is 59.2 Å². The van der Waals surface area contributed by atoms with E-state index in [9.17, 15) is 9.90 Å². The number of carboxylic acid groups (broad SMARTS) is 1. The van der Waals surface area contributed by atoms with Gasteiger partial charge in [-0.2, -0.15) is 0 Å². The highest BCUT2D eigenvalue weighted by Crippen LogP contribution is 2.32. The highest BCUT2D eigenvalue weighted by Gasteiger charge is 2.14. The fourth-order valence-corrected chi connectivity index (χ4v) is 2.06. The largest absolute Gasteiger partial charge is 0.478 e. The standard InChI is InChI=1S/C17H18O3/c1-11(2)13-9-8-12(3)10-16(13)20-15-7-5-4-6-14(15)17(18)19/h4-11H,1-3H3,(H,18,19). The fraction of sp³-hybridized carbons (Fsp3) is 0.235. The molecule has 0 aliphatic carbocycles. The molecule has 0 aliphatic rings. The molecule has 1 N–H and O–H groups in total. The number of hydrogen-bond acceptors (Lipinski definition) is 2. The molecule has 0 saturated heterocycles. The average Bonchev–Trinajstić information content (AvgIpc) is 2.38. The molecule has 0 heterocycles. The van der Waals surface area contributed by atoms with Crippen LogP contribution in [-0.2, 0) is 0 Å². The molecule has 0 saturated carbocycles. The van der Waals surface area contributed by atoms with Gasteiger partial charge < -0.3 is 9.84 Å². The number of carbonyl (C=O) groups is 1. The molecule has 0 bridgehead atoms. The van der Waals surface area contributed by atoms with Gasteiger partial charge >= 0.3 is 5.97 Å². The van der Waals surface area contributed by atoms with Crippen LogP contribution in [0.2, 0.25) is 0 Å². The van der Waals surface area contributed by atoms with Crippen LogP contribution in [-0.4, -0.2) is 11.1 Å². The first-order chi connectivity index (χ1) is 9.49. The molecular weight excluding hydrogens is 252 g/mol. The summed E-state index contributed by atoms with van der Waals surface area (Å²) in [6.07, 6.45) is 0. The molecular formula is C17H18O3. The predicted octanol–water partition coefficient (Wildman–Crippen LogP) is 4.61. The van der Waals surface area contributed by atoms with Crippen molar-refractivity contribution in [3.63, 3.8) is 0 Å². The van der Waals surface area contributed by atoms with Crippen molar-refractivity contribution in [2.45, 2.75) is 26.7 Å². The summed E-state index contributed by atoms with van der Waals surface area (Å²) in [6, 6.07) is 12.7. The minimum Gasteiger partial charge on any atom is -0.478 e. The fourth-order valence-electron chi connectivity index (χ4n) is 2.06. The minimum atomic E-state index is -0.987. The number of rotatable bonds is 4. The van der Waals surface area contributed by atoms with Crippen LogP contribution in [0.15, 0.2) is 42.5 Å². The SMILES string of the molecule is Cc1ccc(C(C)C)c(Oc2ccccc2C(=O)O)c1. The number of aromatic carboxylic acids is 1. The molecule has 0 spiro atoms. The zero-order valence-electron chi connectivity index (χ0n) is 11.9. The molecule has 0 aliphatic heterocycles. The zero-order chi connectivity index (χ0) is 14.7. The van der Waals surface area contributed by atoms with Gasteiger partial charge in [0.15, 0.2) is 0 Å². The molecule has 20 heavy (non-hydrogen) atoms. The van der Waals surface area contributed by atoms with Crippen LogP contribution in [0, 0.1) is 6.92 Å². The summed E-state index contributed by atoms with van der Waals surface area (Å²) >= 11 is 0. The zero-order valence-corrected chi connectivity index (χ0v) is 11.9. The van der Waals surface area contributed by atoms with E-state index in [4.69, 9.17) is 4.74 Å². The molecule has 0 atom stereocenters. The third kappa shape index (κ3) is 2.99. The van der Waals surface area contributed by atoms with Crippen LogP contribution in [0.1, 0.15) is 41.3 Å². The molecule has 2 rings (SSSR count). The lowest BCUT2D eigenvalue weighted by Gasteiger charge is -2.15. The van der Waals surface area contributed by atoms with E-state index < -0.39 is 5.97 Å². The van der Waals surface area contributed by atoms with E-state index >= 15 is 0 Å². The number of hydrogen-bond donors (Lipinski definition) is 1. The number of aryl methyl sites for hydroxylation is 1. The third-order valence-corrected chi connectivity index (χ3v) is 3.13. The van der Waals surface area contributed by atoms with Gasteiger partial charge in [0, 0.05) is 0 Å². The first-order valence-corrected chi connectivity index (χ1v) is 6.59. The Labute approximate surface area is 118 Å². The van der Waals surface area contributed by atoms with Crippen molar-refractivity contribution in [1.82, 2.24) is 0 Å². The van der Waals surface area contributed by atoms with Gasteiger partial charge in [0.2, 0.25) is 0 Å². The van der Waals surface area contributed by atoms with E-state index in [1.807, 2.05) is 25.1 Å². The van der Waals surface area contributed by atoms with E-state index in [1.54, 1.807) is 24.3 Å². The number of para-hydroxylation sites is 1. The molecule has 0 fully saturated rings. The Bertz CT molecular complexity index is 630. The Hall–Kier alpha value is -2.29. The molecule has 0 radical (unpaired) electrons. The maximum Gasteiger partial charge on any atom is 0.339 e. The van der Waals surface area contributed by atoms with Gasteiger partial charge in [-0.1, -0.05) is 38.1 Å². The smallest absolute Gasteiger partial charge is 0.339 e. The topological polar surface area (TPSA) is 46.5 Å². The lowest BCUT2D eigenvalue weighted by atomic mass is 10.0. The van der Waals surface area contributed by atoms with Crippen LogP contribution in [0.25, 0.3) is 0 Å². The average molecular weight is 270 g/mol. The predicted molar refractivity (Wildman–Crippen MR) is 78.7 cm³/mol. The highest BCUT2D eigenvalue weighted by atomic mass is 16.5. The number of ether oxygens (including phenoxy) is 1. The third-order valence-electron chi connectivity index (χ3n) is 3.13. The van der Waals surface area contributed by atoms with E-state index in [0.29, 0.717) is 17.4 Å². The van der Waals surface area contributed by atoms with Crippen molar-refractivity contribution in [1.29, 1.82) is 0 Å². The van der Waals surface area contributed by atoms with E-state index in [1.165, 1.54) is 0 Å². The maximum atomic E-state index is 11.2. The molecule has 3 heteroatoms. The Morgan fingerprint density at radius 1 is 1.10 bits per heavy atom. The molecule has 104 valence electrons. The Balaban J connectivity index is 2.45. The molecule has 2 aromatic carbocycles. The lowest BCUT2D eigenvalue weighted by molar-refractivity contribution is 0.0694. The van der Waals surface area contributed by atoms with Crippen LogP contribution in [0.3, 0.4) is 0 Å². The number of benzene rings is 2. The molecule has 0 amide bonds. The summed E-state index contributed by atoms with van der Waals surface area (Å²) in [4.78, 5) is 11.2. The van der Waals surface area contributed by atoms with Crippen LogP contribution >= 0.6 is 0 Å². The first kappa shape index (κ1) is 14.1. The van der Waals surface area contributed by atoms with Crippen LogP contribution < -0.4 is 4.74 Å². The quantitative estimate of drug-likeness (QED) is 0.882. The summed E-state index contributed by atoms with van der Waals surface area (Å²) in [6.45, 7) is 6.15. The highest BCUT2D eigenvalue weighted by molar-refractivity contribution is 5.90. The van der Waals surface area contributed by atoms with Crippen LogP contribution in [0.4, 0.5) is 0 Å². The second kappa shape index (κ2) is 5.78. The molecule has 0 unspecified atom stereocenters. The normalized spacial score (nSPS) is 10.6. The molecule has 0 aromatic heterocycles. The monoisotopic (exact) mass is 270 g/mol. The van der Waals surface area contributed by atoms with Crippen molar-refractivity contribution >= 4 is 5.97 Å². The van der Waals surface area contributed by atoms with Crippen molar-refractivity contribution < 1.29 is 14.6 Å². The molecule has 3 nitrogen and oxygen atoms in total. The lowest BCUT2D eigenvalue weighted by Crippen LogP contribution is -2.01. The van der Waals surface area contributed by atoms with Crippen molar-refractivity contribution in [2.24, 2.45) is 0 Å². The second-order valence-electron chi connectivity index (χ2n) is 5.10. The second-order valence-corrected chi connectivity index (χ2v) is 5.10. The summed E-state index contributed by atoms with van der Waals surface area (Å²) in [5.74, 6) is 0.406.